The first-order chi connectivity index (χ1) is 10.2. The number of aliphatic hydroxyl groups is 1. The van der Waals surface area contributed by atoms with Gasteiger partial charge in [-0.1, -0.05) is 0 Å². The first-order valence-electron chi connectivity index (χ1n) is 7.26. The molecular weight excluding hydrogens is 338 g/mol. The minimum absolute atomic E-state index is 0.100. The number of rotatable bonds is 7. The molecule has 2 rings (SSSR count). The molecule has 1 aliphatic rings. The zero-order valence-corrected chi connectivity index (χ0v) is 13.6. The van der Waals surface area contributed by atoms with E-state index < -0.39 is 0 Å². The molecule has 118 valence electrons. The van der Waals surface area contributed by atoms with Gasteiger partial charge in [0, 0.05) is 32.7 Å². The molecule has 1 aliphatic heterocycles. The van der Waals surface area contributed by atoms with Gasteiger partial charge < -0.3 is 20.6 Å². The van der Waals surface area contributed by atoms with Gasteiger partial charge in [-0.3, -0.25) is 4.79 Å². The van der Waals surface area contributed by atoms with Crippen molar-refractivity contribution in [2.45, 2.75) is 13.0 Å². The van der Waals surface area contributed by atoms with Crippen molar-refractivity contribution in [1.29, 1.82) is 0 Å². The Bertz CT molecular complexity index is 502. The Hall–Kier alpha value is -0.960. The van der Waals surface area contributed by atoms with Crippen LogP contribution < -0.4 is 16.2 Å². The molecule has 8 heteroatoms. The second-order valence-electron chi connectivity index (χ2n) is 5.00. The van der Waals surface area contributed by atoms with Gasteiger partial charge >= 0.3 is 0 Å². The number of piperazine rings is 1. The van der Waals surface area contributed by atoms with E-state index in [9.17, 15) is 4.79 Å². The summed E-state index contributed by atoms with van der Waals surface area (Å²) in [5, 5.41) is 19.5. The quantitative estimate of drug-likeness (QED) is 0.580. The third kappa shape index (κ3) is 4.77. The highest BCUT2D eigenvalue weighted by molar-refractivity contribution is 9.10. The van der Waals surface area contributed by atoms with Crippen molar-refractivity contribution >= 4 is 21.6 Å². The van der Waals surface area contributed by atoms with E-state index in [1.807, 2.05) is 0 Å². The van der Waals surface area contributed by atoms with Crippen LogP contribution in [0.1, 0.15) is 6.42 Å². The zero-order chi connectivity index (χ0) is 15.1. The Kier molecular flexibility index (Phi) is 6.62. The van der Waals surface area contributed by atoms with Crippen molar-refractivity contribution in [3.63, 3.8) is 0 Å². The molecule has 2 heterocycles. The lowest BCUT2D eigenvalue weighted by Crippen LogP contribution is -2.44. The molecule has 1 aromatic heterocycles. The topological polar surface area (TPSA) is 82.4 Å². The number of anilines is 1. The number of hydrogen-bond donors (Lipinski definition) is 3. The number of aliphatic hydroxyl groups excluding tert-OH is 1. The lowest BCUT2D eigenvalue weighted by molar-refractivity contribution is 0.240. The van der Waals surface area contributed by atoms with Gasteiger partial charge in [0.15, 0.2) is 0 Å². The third-order valence-electron chi connectivity index (χ3n) is 3.47. The van der Waals surface area contributed by atoms with Crippen LogP contribution in [0.25, 0.3) is 0 Å². The number of nitrogens with one attached hydrogen (secondary N) is 2. The van der Waals surface area contributed by atoms with Crippen LogP contribution >= 0.6 is 15.9 Å². The maximum absolute atomic E-state index is 11.9. The average Bonchev–Trinajstić information content (AvgIpc) is 2.51. The molecule has 0 amide bonds. The molecule has 7 nitrogen and oxygen atoms in total. The van der Waals surface area contributed by atoms with E-state index in [1.165, 1.54) is 4.68 Å². The fourth-order valence-electron chi connectivity index (χ4n) is 2.30. The lowest BCUT2D eigenvalue weighted by atomic mass is 10.3. The highest BCUT2D eigenvalue weighted by Gasteiger charge is 2.10. The smallest absolute Gasteiger partial charge is 0.283 e. The van der Waals surface area contributed by atoms with Crippen molar-refractivity contribution in [2.75, 3.05) is 51.2 Å². The third-order valence-corrected chi connectivity index (χ3v) is 4.24. The van der Waals surface area contributed by atoms with E-state index >= 15 is 0 Å². The SMILES string of the molecule is O=c1c(Br)c(NCCCN2CCNCC2)cnn1CCO. The molecule has 0 spiro atoms. The van der Waals surface area contributed by atoms with E-state index in [1.54, 1.807) is 6.20 Å². The van der Waals surface area contributed by atoms with Crippen LogP contribution in [0.15, 0.2) is 15.5 Å². The van der Waals surface area contributed by atoms with Crippen LogP contribution in [0.3, 0.4) is 0 Å². The normalized spacial score (nSPS) is 16.1. The van der Waals surface area contributed by atoms with Gasteiger partial charge in [0.25, 0.3) is 5.56 Å². The summed E-state index contributed by atoms with van der Waals surface area (Å²) < 4.78 is 1.71. The molecule has 1 saturated heterocycles. The van der Waals surface area contributed by atoms with Crippen LogP contribution in [0.2, 0.25) is 0 Å². The predicted molar refractivity (Wildman–Crippen MR) is 85.7 cm³/mol. The Balaban J connectivity index is 1.80. The van der Waals surface area contributed by atoms with Crippen molar-refractivity contribution in [1.82, 2.24) is 20.0 Å². The molecule has 1 fully saturated rings. The first-order valence-corrected chi connectivity index (χ1v) is 8.05. The van der Waals surface area contributed by atoms with Crippen LogP contribution in [0.4, 0.5) is 5.69 Å². The molecule has 0 radical (unpaired) electrons. The fourth-order valence-corrected chi connectivity index (χ4v) is 2.75. The van der Waals surface area contributed by atoms with Crippen LogP contribution in [0, 0.1) is 0 Å². The van der Waals surface area contributed by atoms with Gasteiger partial charge in [-0.25, -0.2) is 4.68 Å². The largest absolute Gasteiger partial charge is 0.394 e. The van der Waals surface area contributed by atoms with E-state index in [0.29, 0.717) is 10.2 Å². The minimum atomic E-state index is -0.226. The summed E-state index contributed by atoms with van der Waals surface area (Å²) in [6, 6.07) is 0. The minimum Gasteiger partial charge on any atom is -0.394 e. The molecule has 0 saturated carbocycles. The fraction of sp³-hybridized carbons (Fsp3) is 0.692. The summed E-state index contributed by atoms with van der Waals surface area (Å²) in [5.74, 6) is 0. The molecule has 21 heavy (non-hydrogen) atoms. The summed E-state index contributed by atoms with van der Waals surface area (Å²) in [5.41, 5.74) is 0.477. The van der Waals surface area contributed by atoms with E-state index in [4.69, 9.17) is 5.11 Å². The summed E-state index contributed by atoms with van der Waals surface area (Å²) >= 11 is 3.29. The van der Waals surface area contributed by atoms with Gasteiger partial charge in [0.2, 0.25) is 0 Å². The zero-order valence-electron chi connectivity index (χ0n) is 12.0. The Morgan fingerprint density at radius 1 is 1.38 bits per heavy atom. The molecule has 0 aromatic carbocycles. The second kappa shape index (κ2) is 8.47. The van der Waals surface area contributed by atoms with Crippen molar-refractivity contribution < 1.29 is 5.11 Å². The summed E-state index contributed by atoms with van der Waals surface area (Å²) in [4.78, 5) is 14.4. The Labute approximate surface area is 132 Å². The van der Waals surface area contributed by atoms with Gasteiger partial charge in [0.05, 0.1) is 25.0 Å². The van der Waals surface area contributed by atoms with Crippen LogP contribution in [-0.4, -0.2) is 65.7 Å². The molecule has 3 N–H and O–H groups in total. The first kappa shape index (κ1) is 16.4. The molecule has 1 aromatic rings. The van der Waals surface area contributed by atoms with E-state index in [-0.39, 0.29) is 18.7 Å². The highest BCUT2D eigenvalue weighted by Crippen LogP contribution is 2.15. The number of hydrogen-bond acceptors (Lipinski definition) is 6. The molecule has 0 atom stereocenters. The second-order valence-corrected chi connectivity index (χ2v) is 5.79. The van der Waals surface area contributed by atoms with Gasteiger partial charge in [-0.15, -0.1) is 0 Å². The molecule has 0 unspecified atom stereocenters. The highest BCUT2D eigenvalue weighted by atomic mass is 79.9. The maximum Gasteiger partial charge on any atom is 0.283 e. The van der Waals surface area contributed by atoms with Gasteiger partial charge in [-0.2, -0.15) is 5.10 Å². The van der Waals surface area contributed by atoms with Crippen molar-refractivity contribution in [3.05, 3.63) is 21.0 Å². The number of halogens is 1. The van der Waals surface area contributed by atoms with Gasteiger partial charge in [0.1, 0.15) is 4.47 Å². The monoisotopic (exact) mass is 359 g/mol. The van der Waals surface area contributed by atoms with Crippen molar-refractivity contribution in [3.8, 4) is 0 Å². The van der Waals surface area contributed by atoms with Crippen LogP contribution in [-0.2, 0) is 6.54 Å². The molecular formula is C13H22BrN5O2. The standard InChI is InChI=1S/C13H22BrN5O2/c14-12-11(10-17-19(8-9-20)13(12)21)16-2-1-5-18-6-3-15-4-7-18/h10,15-16,20H,1-9H2. The maximum atomic E-state index is 11.9. The van der Waals surface area contributed by atoms with Gasteiger partial charge in [-0.05, 0) is 28.9 Å². The Morgan fingerprint density at radius 2 is 2.14 bits per heavy atom. The van der Waals surface area contributed by atoms with Crippen molar-refractivity contribution in [2.24, 2.45) is 0 Å². The summed E-state index contributed by atoms with van der Waals surface area (Å²) in [7, 11) is 0. The number of nitrogens with zero attached hydrogens (tertiary/aromatic N) is 3. The predicted octanol–water partition coefficient (Wildman–Crippen LogP) is -0.295. The van der Waals surface area contributed by atoms with E-state index in [0.717, 1.165) is 45.7 Å². The summed E-state index contributed by atoms with van der Waals surface area (Å²) in [6.07, 6.45) is 2.64. The Morgan fingerprint density at radius 3 is 2.86 bits per heavy atom. The average molecular weight is 360 g/mol. The molecule has 0 bridgehead atoms. The van der Waals surface area contributed by atoms with Crippen LogP contribution in [0.5, 0.6) is 0 Å². The van der Waals surface area contributed by atoms with E-state index in [2.05, 4.69) is 36.6 Å². The number of aromatic nitrogens is 2. The summed E-state index contributed by atoms with van der Waals surface area (Å²) in [6.45, 7) is 6.29. The molecule has 0 aliphatic carbocycles. The lowest BCUT2D eigenvalue weighted by Gasteiger charge is -2.27.